The summed E-state index contributed by atoms with van der Waals surface area (Å²) in [6.45, 7) is 5.94. The molecule has 0 amide bonds. The van der Waals surface area contributed by atoms with Crippen LogP contribution in [0, 0.1) is 9.81 Å². The van der Waals surface area contributed by atoms with Crippen LogP contribution >= 0.6 is 10.1 Å². The van der Waals surface area contributed by atoms with Gasteiger partial charge in [-0.05, 0) is 36.3 Å². The molecule has 0 aliphatic rings. The van der Waals surface area contributed by atoms with Crippen molar-refractivity contribution in [2.45, 2.75) is 27.7 Å². The van der Waals surface area contributed by atoms with E-state index in [4.69, 9.17) is 10.4 Å². The molecule has 0 saturated heterocycles. The number of nitrogens with zero attached hydrogens (tertiary/aromatic N) is 5. The van der Waals surface area contributed by atoms with E-state index in [0.29, 0.717) is 0 Å². The molecule has 0 atom stereocenters. The topological polar surface area (TPSA) is 140 Å². The van der Waals surface area contributed by atoms with Crippen LogP contribution in [-0.2, 0) is 14.8 Å². The van der Waals surface area contributed by atoms with Crippen LogP contribution in [0.25, 0.3) is 11.0 Å². The van der Waals surface area contributed by atoms with E-state index >= 15 is 0 Å². The van der Waals surface area contributed by atoms with Crippen molar-refractivity contribution in [1.29, 1.82) is 0 Å². The summed E-state index contributed by atoms with van der Waals surface area (Å²) in [5.74, 6) is 0. The Balaban J connectivity index is -0.000000263. The summed E-state index contributed by atoms with van der Waals surface area (Å²) in [7, 11) is 4.33. The van der Waals surface area contributed by atoms with E-state index in [9.17, 15) is 9.81 Å². The van der Waals surface area contributed by atoms with Crippen molar-refractivity contribution in [3.8, 4) is 0 Å². The summed E-state index contributed by atoms with van der Waals surface area (Å²) < 4.78 is 0. The first kappa shape index (κ1) is 27.0. The third-order valence-electron chi connectivity index (χ3n) is 2.19. The number of hydrogen-bond donors (Lipinski definition) is 2. The molecule has 0 radical (unpaired) electrons. The van der Waals surface area contributed by atoms with Gasteiger partial charge in [-0.2, -0.15) is 0 Å². The van der Waals surface area contributed by atoms with Crippen LogP contribution in [0.5, 0.6) is 0 Å². The number of allylic oxidation sites excluding steroid dienone is 4. The van der Waals surface area contributed by atoms with E-state index in [1.54, 1.807) is 12.4 Å². The Labute approximate surface area is 152 Å². The smallest absolute Gasteiger partial charge is 0.0267 e. The van der Waals surface area contributed by atoms with Gasteiger partial charge in [0.15, 0.2) is 0 Å². The largest absolute Gasteiger partial charge is 0.265 e. The number of pyridine rings is 1. The van der Waals surface area contributed by atoms with Gasteiger partial charge in [-0.25, -0.2) is 0 Å². The normalized spacial score (nSPS) is 10.5. The van der Waals surface area contributed by atoms with Crippen LogP contribution < -0.4 is 0 Å². The summed E-state index contributed by atoms with van der Waals surface area (Å²) >= 11 is 3.03. The molecule has 0 bridgehead atoms. The molecule has 0 unspecified atom stereocenters. The van der Waals surface area contributed by atoms with Crippen molar-refractivity contribution in [1.82, 2.24) is 4.98 Å². The van der Waals surface area contributed by atoms with Crippen LogP contribution in [-0.4, -0.2) is 15.4 Å². The van der Waals surface area contributed by atoms with Crippen molar-refractivity contribution in [3.63, 3.8) is 0 Å². The second-order valence-corrected chi connectivity index (χ2v) is 3.75. The van der Waals surface area contributed by atoms with Crippen molar-refractivity contribution in [2.24, 2.45) is 10.4 Å². The molecule has 2 N–H and O–H groups in total. The first-order valence-electron chi connectivity index (χ1n) is 6.14. The van der Waals surface area contributed by atoms with Gasteiger partial charge in [0.05, 0.1) is 11.4 Å². The zero-order valence-electron chi connectivity index (χ0n) is 13.5. The second-order valence-electron chi connectivity index (χ2n) is 3.75. The Morgan fingerprint density at radius 3 is 1.29 bits per heavy atom. The van der Waals surface area contributed by atoms with Crippen LogP contribution in [0.1, 0.15) is 27.7 Å². The maximum absolute atomic E-state index is 9.63. The second kappa shape index (κ2) is 21.1. The number of halogens is 1. The molecule has 0 fully saturated rings. The van der Waals surface area contributed by atoms with Gasteiger partial charge < -0.3 is 21.4 Å². The molecule has 1 rings (SSSR count). The molecule has 0 aliphatic carbocycles. The third-order valence-corrected chi connectivity index (χ3v) is 2.19. The summed E-state index contributed by atoms with van der Waals surface area (Å²) in [6, 6.07) is 5.72. The zero-order valence-corrected chi connectivity index (χ0v) is 15.3. The van der Waals surface area contributed by atoms with Gasteiger partial charge in [0.2, 0.25) is 0 Å². The van der Waals surface area contributed by atoms with Gasteiger partial charge >= 0.3 is 25.0 Å². The molecular weight excluding hydrogens is 385 g/mol. The molecule has 9 nitrogen and oxygen atoms in total. The number of aromatic nitrogens is 1. The molecule has 1 aromatic heterocycles. The van der Waals surface area contributed by atoms with Crippen LogP contribution in [0.3, 0.4) is 0 Å². The first-order valence-corrected chi connectivity index (χ1v) is 7.57. The van der Waals surface area contributed by atoms with Gasteiger partial charge in [0, 0.05) is 12.4 Å². The fourth-order valence-corrected chi connectivity index (χ4v) is 0.589. The van der Waals surface area contributed by atoms with Crippen LogP contribution in [0.15, 0.2) is 63.7 Å². The fourth-order valence-electron chi connectivity index (χ4n) is 0.589. The van der Waals surface area contributed by atoms with Gasteiger partial charge in [-0.3, -0.25) is 4.98 Å². The molecular formula is C13H19ClCoN5O4. The van der Waals surface area contributed by atoms with E-state index in [1.165, 1.54) is 27.7 Å². The minimum Gasteiger partial charge on any atom is -0.265 e. The van der Waals surface area contributed by atoms with Crippen molar-refractivity contribution < 1.29 is 25.3 Å². The SMILES string of the molecule is C/C(N=O)=C(\C)[N-]O.C/C(N=O)=C(\C)[N-]O.[Cl][Co+2].c1ccncc1. The minimum atomic E-state index is 0.201. The number of nitroso groups, excluding NO2 is 2. The number of hydrogen-bond acceptors (Lipinski definition) is 7. The molecule has 24 heavy (non-hydrogen) atoms. The summed E-state index contributed by atoms with van der Waals surface area (Å²) in [5.41, 5.74) is 6.39. The Morgan fingerprint density at radius 2 is 1.21 bits per heavy atom. The Bertz CT molecular complexity index is 444. The van der Waals surface area contributed by atoms with Gasteiger partial charge in [0.1, 0.15) is 0 Å². The number of hydroxylamine groups is 2. The molecule has 0 saturated carbocycles. The van der Waals surface area contributed by atoms with Crippen molar-refractivity contribution in [3.05, 3.63) is 74.2 Å². The van der Waals surface area contributed by atoms with E-state index in [0.717, 1.165) is 0 Å². The quantitative estimate of drug-likeness (QED) is 0.518. The van der Waals surface area contributed by atoms with E-state index in [2.05, 4.69) is 51.3 Å². The maximum atomic E-state index is 9.63. The Kier molecular flexibility index (Phi) is 23.8. The summed E-state index contributed by atoms with van der Waals surface area (Å²) in [4.78, 5) is 23.0. The third kappa shape index (κ3) is 18.2. The van der Waals surface area contributed by atoms with Gasteiger partial charge in [-0.1, -0.05) is 19.9 Å². The van der Waals surface area contributed by atoms with Crippen LogP contribution in [0.4, 0.5) is 0 Å². The molecule has 1 aromatic rings. The van der Waals surface area contributed by atoms with Crippen molar-refractivity contribution in [2.75, 3.05) is 0 Å². The number of rotatable bonds is 4. The molecule has 136 valence electrons. The van der Waals surface area contributed by atoms with E-state index in [1.807, 2.05) is 18.2 Å². The minimum absolute atomic E-state index is 0.201. The molecule has 0 aromatic carbocycles. The monoisotopic (exact) mass is 403 g/mol. The molecule has 0 aliphatic heterocycles. The predicted molar refractivity (Wildman–Crippen MR) is 88.7 cm³/mol. The molecule has 1 heterocycles. The Morgan fingerprint density at radius 1 is 0.875 bits per heavy atom. The average Bonchev–Trinajstić information content (AvgIpc) is 2.69. The fraction of sp³-hybridized carbons (Fsp3) is 0.308. The average molecular weight is 404 g/mol. The van der Waals surface area contributed by atoms with E-state index < -0.39 is 0 Å². The van der Waals surface area contributed by atoms with Crippen LogP contribution in [0.2, 0.25) is 0 Å². The first-order chi connectivity index (χ1) is 11.4. The predicted octanol–water partition coefficient (Wildman–Crippen LogP) is 5.30. The van der Waals surface area contributed by atoms with Crippen molar-refractivity contribution >= 4 is 10.1 Å². The van der Waals surface area contributed by atoms with E-state index in [-0.39, 0.29) is 22.8 Å². The summed E-state index contributed by atoms with van der Waals surface area (Å²) in [5, 5.41) is 21.1. The molecule has 0 spiro atoms. The standard InChI is InChI=1S/C5H5N.2C4H8N2O2.ClH.Co/c1-2-4-6-5-3-1;2*1-3(5-7)4(2)6-8;;/h1-5H;2*1-2H3,(H2,5,6,7,8);1H;/q;;;;+3/p-3. The molecule has 11 heteroatoms. The van der Waals surface area contributed by atoms with Gasteiger partial charge in [-0.15, -0.1) is 21.2 Å². The Hall–Kier alpha value is -1.85. The van der Waals surface area contributed by atoms with Gasteiger partial charge in [0.25, 0.3) is 0 Å². The maximum Gasteiger partial charge on any atom is 0.0267 e. The zero-order chi connectivity index (χ0) is 19.4. The summed E-state index contributed by atoms with van der Waals surface area (Å²) in [6.07, 6.45) is 3.50.